The average molecular weight is 316 g/mol. The first-order valence-corrected chi connectivity index (χ1v) is 8.87. The zero-order valence-electron chi connectivity index (χ0n) is 13.0. The number of hydrogen-bond donors (Lipinski definition) is 0. The van der Waals surface area contributed by atoms with Gasteiger partial charge in [0.2, 0.25) is 0 Å². The molecule has 4 heteroatoms. The van der Waals surface area contributed by atoms with Crippen LogP contribution in [-0.2, 0) is 15.6 Å². The van der Waals surface area contributed by atoms with Gasteiger partial charge in [-0.1, -0.05) is 50.2 Å². The van der Waals surface area contributed by atoms with Crippen LogP contribution in [0.15, 0.2) is 53.4 Å². The van der Waals surface area contributed by atoms with Crippen molar-refractivity contribution >= 4 is 15.6 Å². The van der Waals surface area contributed by atoms with Crippen LogP contribution in [0.1, 0.15) is 48.2 Å². The number of ketones is 1. The Bertz CT molecular complexity index is 755. The lowest BCUT2D eigenvalue weighted by Gasteiger charge is -2.08. The molecule has 22 heavy (non-hydrogen) atoms. The molecular weight excluding hydrogens is 296 g/mol. The highest BCUT2D eigenvalue weighted by Crippen LogP contribution is 2.20. The standard InChI is InChI=1S/C18H20O3S/c1-13(2)16-6-4-15(5-7-16)12-22(20,21)18-10-8-17(9-11-18)14(3)19/h4-11,13H,12H2,1-3H3. The first-order valence-electron chi connectivity index (χ1n) is 7.22. The molecule has 0 heterocycles. The first kappa shape index (κ1) is 16.4. The van der Waals surface area contributed by atoms with E-state index >= 15 is 0 Å². The Morgan fingerprint density at radius 1 is 0.955 bits per heavy atom. The molecule has 0 unspecified atom stereocenters. The fraction of sp³-hybridized carbons (Fsp3) is 0.278. The molecule has 0 fully saturated rings. The lowest BCUT2D eigenvalue weighted by Crippen LogP contribution is -2.05. The summed E-state index contributed by atoms with van der Waals surface area (Å²) in [4.78, 5) is 11.5. The zero-order chi connectivity index (χ0) is 16.3. The normalized spacial score (nSPS) is 11.6. The second kappa shape index (κ2) is 6.44. The summed E-state index contributed by atoms with van der Waals surface area (Å²) >= 11 is 0. The third kappa shape index (κ3) is 3.83. The monoisotopic (exact) mass is 316 g/mol. The maximum Gasteiger partial charge on any atom is 0.182 e. The number of benzene rings is 2. The van der Waals surface area contributed by atoms with Crippen LogP contribution in [0.2, 0.25) is 0 Å². The Balaban J connectivity index is 2.21. The molecular formula is C18H20O3S. The van der Waals surface area contributed by atoms with Crippen molar-refractivity contribution in [2.75, 3.05) is 0 Å². The molecule has 0 saturated heterocycles. The van der Waals surface area contributed by atoms with Crippen molar-refractivity contribution in [1.29, 1.82) is 0 Å². The van der Waals surface area contributed by atoms with Crippen molar-refractivity contribution in [2.24, 2.45) is 0 Å². The lowest BCUT2D eigenvalue weighted by molar-refractivity contribution is 0.101. The molecule has 0 aliphatic carbocycles. The van der Waals surface area contributed by atoms with Crippen LogP contribution in [0.3, 0.4) is 0 Å². The third-order valence-electron chi connectivity index (χ3n) is 3.62. The Morgan fingerprint density at radius 3 is 1.95 bits per heavy atom. The summed E-state index contributed by atoms with van der Waals surface area (Å²) in [6, 6.07) is 13.7. The van der Waals surface area contributed by atoms with E-state index < -0.39 is 9.84 Å². The van der Waals surface area contributed by atoms with E-state index in [2.05, 4.69) is 13.8 Å². The molecule has 0 radical (unpaired) electrons. The molecule has 0 amide bonds. The van der Waals surface area contributed by atoms with Gasteiger partial charge < -0.3 is 0 Å². The van der Waals surface area contributed by atoms with E-state index in [0.717, 1.165) is 5.56 Å². The van der Waals surface area contributed by atoms with Crippen LogP contribution < -0.4 is 0 Å². The minimum Gasteiger partial charge on any atom is -0.295 e. The van der Waals surface area contributed by atoms with Crippen LogP contribution in [-0.4, -0.2) is 14.2 Å². The maximum atomic E-state index is 12.4. The quantitative estimate of drug-likeness (QED) is 0.784. The van der Waals surface area contributed by atoms with Gasteiger partial charge in [-0.3, -0.25) is 4.79 Å². The summed E-state index contributed by atoms with van der Waals surface area (Å²) in [5.74, 6) is 0.308. The molecule has 0 saturated carbocycles. The number of carbonyl (C=O) groups is 1. The molecule has 0 N–H and O–H groups in total. The van der Waals surface area contributed by atoms with Gasteiger partial charge in [0.05, 0.1) is 10.6 Å². The fourth-order valence-electron chi connectivity index (χ4n) is 2.20. The Labute approximate surface area is 131 Å². The first-order chi connectivity index (χ1) is 10.3. The van der Waals surface area contributed by atoms with Crippen molar-refractivity contribution < 1.29 is 13.2 Å². The van der Waals surface area contributed by atoms with Crippen LogP contribution in [0.25, 0.3) is 0 Å². The second-order valence-electron chi connectivity index (χ2n) is 5.74. The maximum absolute atomic E-state index is 12.4. The number of hydrogen-bond acceptors (Lipinski definition) is 3. The van der Waals surface area contributed by atoms with Gasteiger partial charge in [-0.2, -0.15) is 0 Å². The third-order valence-corrected chi connectivity index (χ3v) is 5.33. The predicted molar refractivity (Wildman–Crippen MR) is 87.9 cm³/mol. The van der Waals surface area contributed by atoms with Gasteiger partial charge >= 0.3 is 0 Å². The number of Topliss-reactive ketones (excluding diaryl/α,β-unsaturated/α-hetero) is 1. The zero-order valence-corrected chi connectivity index (χ0v) is 13.9. The molecule has 0 bridgehead atoms. The Hall–Kier alpha value is -1.94. The van der Waals surface area contributed by atoms with E-state index in [0.29, 0.717) is 11.5 Å². The summed E-state index contributed by atoms with van der Waals surface area (Å²) in [7, 11) is -3.40. The topological polar surface area (TPSA) is 51.2 Å². The van der Waals surface area contributed by atoms with E-state index in [1.165, 1.54) is 24.6 Å². The molecule has 0 aliphatic heterocycles. The van der Waals surface area contributed by atoms with Crippen LogP contribution in [0, 0.1) is 0 Å². The predicted octanol–water partition coefficient (Wildman–Crippen LogP) is 3.99. The smallest absolute Gasteiger partial charge is 0.182 e. The van der Waals surface area contributed by atoms with Crippen LogP contribution in [0.5, 0.6) is 0 Å². The number of sulfone groups is 1. The van der Waals surface area contributed by atoms with Gasteiger partial charge in [0.1, 0.15) is 0 Å². The number of carbonyl (C=O) groups excluding carboxylic acids is 1. The molecule has 0 atom stereocenters. The minimum absolute atomic E-state index is 0.0369. The van der Waals surface area contributed by atoms with Crippen molar-refractivity contribution in [1.82, 2.24) is 0 Å². The van der Waals surface area contributed by atoms with Crippen LogP contribution >= 0.6 is 0 Å². The molecule has 3 nitrogen and oxygen atoms in total. The van der Waals surface area contributed by atoms with E-state index in [1.54, 1.807) is 12.1 Å². The highest BCUT2D eigenvalue weighted by Gasteiger charge is 2.16. The lowest BCUT2D eigenvalue weighted by atomic mass is 10.0. The van der Waals surface area contributed by atoms with Crippen molar-refractivity contribution in [3.8, 4) is 0 Å². The van der Waals surface area contributed by atoms with Gasteiger partial charge in [-0.05, 0) is 36.1 Å². The Kier molecular flexibility index (Phi) is 4.81. The average Bonchev–Trinajstić information content (AvgIpc) is 2.47. The molecule has 116 valence electrons. The molecule has 0 aromatic heterocycles. The van der Waals surface area contributed by atoms with Gasteiger partial charge in [-0.15, -0.1) is 0 Å². The molecule has 2 aromatic rings. The van der Waals surface area contributed by atoms with Gasteiger partial charge in [0.15, 0.2) is 15.6 Å². The summed E-state index contributed by atoms with van der Waals surface area (Å²) < 4.78 is 24.8. The highest BCUT2D eigenvalue weighted by molar-refractivity contribution is 7.90. The minimum atomic E-state index is -3.40. The largest absolute Gasteiger partial charge is 0.295 e. The molecule has 0 aliphatic rings. The van der Waals surface area contributed by atoms with Gasteiger partial charge in [-0.25, -0.2) is 8.42 Å². The molecule has 2 rings (SSSR count). The second-order valence-corrected chi connectivity index (χ2v) is 7.73. The van der Waals surface area contributed by atoms with Crippen molar-refractivity contribution in [2.45, 2.75) is 37.3 Å². The SMILES string of the molecule is CC(=O)c1ccc(S(=O)(=O)Cc2ccc(C(C)C)cc2)cc1. The van der Waals surface area contributed by atoms with E-state index in [1.807, 2.05) is 24.3 Å². The van der Waals surface area contributed by atoms with Crippen molar-refractivity contribution in [3.05, 3.63) is 65.2 Å². The summed E-state index contributed by atoms with van der Waals surface area (Å²) in [5, 5.41) is 0. The number of rotatable bonds is 5. The van der Waals surface area contributed by atoms with E-state index in [9.17, 15) is 13.2 Å². The van der Waals surface area contributed by atoms with Gasteiger partial charge in [0, 0.05) is 5.56 Å². The van der Waals surface area contributed by atoms with Crippen LogP contribution in [0.4, 0.5) is 0 Å². The van der Waals surface area contributed by atoms with Gasteiger partial charge in [0.25, 0.3) is 0 Å². The van der Waals surface area contributed by atoms with Crippen molar-refractivity contribution in [3.63, 3.8) is 0 Å². The van der Waals surface area contributed by atoms with E-state index in [-0.39, 0.29) is 16.4 Å². The highest BCUT2D eigenvalue weighted by atomic mass is 32.2. The summed E-state index contributed by atoms with van der Waals surface area (Å²) in [6.07, 6.45) is 0. The molecule has 2 aromatic carbocycles. The van der Waals surface area contributed by atoms with E-state index in [4.69, 9.17) is 0 Å². The summed E-state index contributed by atoms with van der Waals surface area (Å²) in [5.41, 5.74) is 2.47. The fourth-order valence-corrected chi connectivity index (χ4v) is 3.55. The summed E-state index contributed by atoms with van der Waals surface area (Å²) in [6.45, 7) is 5.66. The Morgan fingerprint density at radius 2 is 1.50 bits per heavy atom. The molecule has 0 spiro atoms.